The van der Waals surface area contributed by atoms with Crippen LogP contribution in [0.2, 0.25) is 0 Å². The van der Waals surface area contributed by atoms with Gasteiger partial charge in [-0.3, -0.25) is 6.32 Å². The van der Waals surface area contributed by atoms with E-state index in [0.29, 0.717) is 0 Å². The van der Waals surface area contributed by atoms with Crippen molar-refractivity contribution in [3.8, 4) is 0 Å². The first-order valence-corrected chi connectivity index (χ1v) is 5.00. The second-order valence-electron chi connectivity index (χ2n) is 3.20. The van der Waals surface area contributed by atoms with Gasteiger partial charge < -0.3 is 9.31 Å². The van der Waals surface area contributed by atoms with Gasteiger partial charge in [0.15, 0.2) is 0 Å². The van der Waals surface area contributed by atoms with Crippen LogP contribution in [-0.4, -0.2) is 20.3 Å². The minimum absolute atomic E-state index is 0. The molecule has 0 spiro atoms. The van der Waals surface area contributed by atoms with Crippen LogP contribution in [-0.2, 0) is 35.5 Å². The molecule has 13 heavy (non-hydrogen) atoms. The van der Waals surface area contributed by atoms with E-state index in [1.54, 1.807) is 0 Å². The largest absolute Gasteiger partial charge is 0.437 e. The van der Waals surface area contributed by atoms with E-state index in [0.717, 1.165) is 26.1 Å². The van der Waals surface area contributed by atoms with Crippen LogP contribution < -0.4 is 0 Å². The van der Waals surface area contributed by atoms with Gasteiger partial charge in [-0.1, -0.05) is 26.2 Å². The summed E-state index contributed by atoms with van der Waals surface area (Å²) in [5, 5.41) is 0. The van der Waals surface area contributed by atoms with Gasteiger partial charge in [-0.15, -0.1) is 0 Å². The molecule has 1 aliphatic heterocycles. The van der Waals surface area contributed by atoms with Crippen LogP contribution in [0.3, 0.4) is 0 Å². The Morgan fingerprint density at radius 2 is 1.92 bits per heavy atom. The standard InChI is InChI=1S/C9H18BO2.Zr/c1-2-3-4-5-7-10-11-8-6-9-12-10;/h7H,2-6,8-9H2,1H3;/q-1;. The van der Waals surface area contributed by atoms with Crippen molar-refractivity contribution >= 4 is 7.12 Å². The summed E-state index contributed by atoms with van der Waals surface area (Å²) < 4.78 is 10.8. The summed E-state index contributed by atoms with van der Waals surface area (Å²) in [6, 6.07) is 0. The molecule has 4 heteroatoms. The molecule has 0 unspecified atom stereocenters. The quantitative estimate of drug-likeness (QED) is 0.429. The van der Waals surface area contributed by atoms with Gasteiger partial charge >= 0.3 is 0 Å². The molecule has 2 nitrogen and oxygen atoms in total. The van der Waals surface area contributed by atoms with Crippen molar-refractivity contribution < 1.29 is 35.5 Å². The van der Waals surface area contributed by atoms with Crippen LogP contribution >= 0.6 is 0 Å². The van der Waals surface area contributed by atoms with Crippen LogP contribution in [0.4, 0.5) is 0 Å². The molecule has 0 aromatic heterocycles. The molecule has 74 valence electrons. The SMILES string of the molecule is CCCCC[CH-]B1OCCCO1.[Zr]. The minimum Gasteiger partial charge on any atom is -0.437 e. The summed E-state index contributed by atoms with van der Waals surface area (Å²) >= 11 is 0. The molecule has 1 aliphatic rings. The van der Waals surface area contributed by atoms with Crippen molar-refractivity contribution in [1.82, 2.24) is 0 Å². The van der Waals surface area contributed by atoms with Crippen LogP contribution in [0.25, 0.3) is 0 Å². The zero-order valence-electron chi connectivity index (χ0n) is 8.42. The van der Waals surface area contributed by atoms with Gasteiger partial charge in [0.05, 0.1) is 0 Å². The smallest absolute Gasteiger partial charge is 0.274 e. The topological polar surface area (TPSA) is 18.5 Å². The van der Waals surface area contributed by atoms with E-state index in [9.17, 15) is 0 Å². The fraction of sp³-hybridized carbons (Fsp3) is 0.889. The van der Waals surface area contributed by atoms with Crippen LogP contribution in [0, 0.1) is 6.32 Å². The second-order valence-corrected chi connectivity index (χ2v) is 3.20. The molecule has 0 atom stereocenters. The Labute approximate surface area is 101 Å². The zero-order chi connectivity index (χ0) is 8.65. The van der Waals surface area contributed by atoms with Crippen molar-refractivity contribution in [2.24, 2.45) is 0 Å². The number of rotatable bonds is 5. The first-order chi connectivity index (χ1) is 5.93. The average molecular weight is 260 g/mol. The molecule has 1 heterocycles. The molecule has 0 N–H and O–H groups in total. The molecule has 0 bridgehead atoms. The van der Waals surface area contributed by atoms with Gasteiger partial charge in [0, 0.05) is 39.4 Å². The van der Waals surface area contributed by atoms with E-state index in [1.807, 2.05) is 0 Å². The fourth-order valence-corrected chi connectivity index (χ4v) is 1.29. The molecule has 0 aromatic carbocycles. The van der Waals surface area contributed by atoms with E-state index in [2.05, 4.69) is 13.2 Å². The number of hydrogen-bond acceptors (Lipinski definition) is 2. The normalized spacial score (nSPS) is 16.8. The maximum atomic E-state index is 5.38. The Hall–Kier alpha value is 0.868. The summed E-state index contributed by atoms with van der Waals surface area (Å²) in [6.07, 6.45) is 8.16. The Bertz CT molecular complexity index is 108. The molecular formula is C9H18BO2Zr-. The van der Waals surface area contributed by atoms with Crippen molar-refractivity contribution in [3.05, 3.63) is 6.32 Å². The van der Waals surface area contributed by atoms with Crippen LogP contribution in [0.1, 0.15) is 39.0 Å². The maximum Gasteiger partial charge on any atom is 0.274 e. The Kier molecular flexibility index (Phi) is 10.1. The predicted molar refractivity (Wildman–Crippen MR) is 50.7 cm³/mol. The van der Waals surface area contributed by atoms with E-state index in [4.69, 9.17) is 9.31 Å². The average Bonchev–Trinajstić information content (AvgIpc) is 2.14. The monoisotopic (exact) mass is 259 g/mol. The van der Waals surface area contributed by atoms with Crippen molar-refractivity contribution in [2.75, 3.05) is 13.2 Å². The molecule has 1 fully saturated rings. The predicted octanol–water partition coefficient (Wildman–Crippen LogP) is 2.23. The summed E-state index contributed by atoms with van der Waals surface area (Å²) in [5.41, 5.74) is 0. The molecule has 0 amide bonds. The summed E-state index contributed by atoms with van der Waals surface area (Å²) in [7, 11) is -0.0180. The number of hydrogen-bond donors (Lipinski definition) is 0. The Morgan fingerprint density at radius 1 is 1.23 bits per heavy atom. The second kappa shape index (κ2) is 9.42. The first-order valence-electron chi connectivity index (χ1n) is 5.00. The van der Waals surface area contributed by atoms with Gasteiger partial charge in [0.2, 0.25) is 0 Å². The summed E-state index contributed by atoms with van der Waals surface area (Å²) in [6.45, 7) is 3.93. The molecule has 0 saturated carbocycles. The molecular weight excluding hydrogens is 242 g/mol. The van der Waals surface area contributed by atoms with E-state index in [-0.39, 0.29) is 33.3 Å². The fourth-order valence-electron chi connectivity index (χ4n) is 1.29. The zero-order valence-corrected chi connectivity index (χ0v) is 10.9. The van der Waals surface area contributed by atoms with E-state index in [1.165, 1.54) is 19.3 Å². The maximum absolute atomic E-state index is 5.38. The molecule has 0 radical (unpaired) electrons. The Morgan fingerprint density at radius 3 is 2.54 bits per heavy atom. The minimum atomic E-state index is -0.0180. The third kappa shape index (κ3) is 6.88. The van der Waals surface area contributed by atoms with Gasteiger partial charge in [-0.2, -0.15) is 6.42 Å². The van der Waals surface area contributed by atoms with Gasteiger partial charge in [0.25, 0.3) is 7.12 Å². The van der Waals surface area contributed by atoms with E-state index >= 15 is 0 Å². The van der Waals surface area contributed by atoms with Crippen LogP contribution in [0.5, 0.6) is 0 Å². The Balaban J connectivity index is 0.00000144. The molecule has 0 aromatic rings. The van der Waals surface area contributed by atoms with Crippen molar-refractivity contribution in [3.63, 3.8) is 0 Å². The summed E-state index contributed by atoms with van der Waals surface area (Å²) in [4.78, 5) is 0. The van der Waals surface area contributed by atoms with Crippen molar-refractivity contribution in [2.45, 2.75) is 39.0 Å². The molecule has 0 aliphatic carbocycles. The third-order valence-corrected chi connectivity index (χ3v) is 2.02. The van der Waals surface area contributed by atoms with Gasteiger partial charge in [0.1, 0.15) is 0 Å². The third-order valence-electron chi connectivity index (χ3n) is 2.02. The van der Waals surface area contributed by atoms with Gasteiger partial charge in [-0.05, 0) is 6.42 Å². The summed E-state index contributed by atoms with van der Waals surface area (Å²) in [5.74, 6) is 0. The molecule has 1 saturated heterocycles. The van der Waals surface area contributed by atoms with Gasteiger partial charge in [-0.25, -0.2) is 0 Å². The van der Waals surface area contributed by atoms with E-state index < -0.39 is 0 Å². The van der Waals surface area contributed by atoms with Crippen molar-refractivity contribution in [1.29, 1.82) is 0 Å². The first kappa shape index (κ1) is 13.9. The number of unbranched alkanes of at least 4 members (excludes halogenated alkanes) is 3. The van der Waals surface area contributed by atoms with Crippen LogP contribution in [0.15, 0.2) is 0 Å². The molecule has 1 rings (SSSR count).